The third-order valence-corrected chi connectivity index (χ3v) is 4.32. The van der Waals surface area contributed by atoms with Crippen LogP contribution in [0.25, 0.3) is 0 Å². The van der Waals surface area contributed by atoms with E-state index in [2.05, 4.69) is 5.32 Å². The Balaban J connectivity index is 1.91. The number of amides is 2. The molecule has 0 aliphatic heterocycles. The van der Waals surface area contributed by atoms with E-state index in [4.69, 9.17) is 9.47 Å². The Kier molecular flexibility index (Phi) is 7.80. The molecule has 0 fully saturated rings. The third kappa shape index (κ3) is 6.26. The van der Waals surface area contributed by atoms with Crippen molar-refractivity contribution in [2.24, 2.45) is 0 Å². The van der Waals surface area contributed by atoms with E-state index in [1.807, 2.05) is 0 Å². The van der Waals surface area contributed by atoms with Crippen LogP contribution >= 0.6 is 0 Å². The molecule has 0 aromatic heterocycles. The summed E-state index contributed by atoms with van der Waals surface area (Å²) in [6, 6.07) is 11.3. The van der Waals surface area contributed by atoms with E-state index in [-0.39, 0.29) is 30.6 Å². The number of anilines is 1. The monoisotopic (exact) mass is 388 g/mol. The fraction of sp³-hybridized carbons (Fsp3) is 0.333. The zero-order valence-electron chi connectivity index (χ0n) is 16.3. The fourth-order valence-corrected chi connectivity index (χ4v) is 2.70. The van der Waals surface area contributed by atoms with E-state index in [1.54, 1.807) is 42.3 Å². The number of halogens is 1. The summed E-state index contributed by atoms with van der Waals surface area (Å²) in [4.78, 5) is 25.8. The molecule has 0 spiro atoms. The van der Waals surface area contributed by atoms with Crippen molar-refractivity contribution in [3.63, 3.8) is 0 Å². The van der Waals surface area contributed by atoms with Crippen LogP contribution < -0.4 is 14.8 Å². The third-order valence-electron chi connectivity index (χ3n) is 4.32. The highest BCUT2D eigenvalue weighted by atomic mass is 19.1. The van der Waals surface area contributed by atoms with Crippen molar-refractivity contribution in [1.82, 2.24) is 4.90 Å². The van der Waals surface area contributed by atoms with Crippen LogP contribution in [0.1, 0.15) is 18.9 Å². The van der Waals surface area contributed by atoms with Crippen molar-refractivity contribution in [2.75, 3.05) is 32.6 Å². The van der Waals surface area contributed by atoms with Crippen LogP contribution in [0.5, 0.6) is 11.5 Å². The Bertz CT molecular complexity index is 809. The van der Waals surface area contributed by atoms with E-state index < -0.39 is 0 Å². The summed E-state index contributed by atoms with van der Waals surface area (Å²) in [5.41, 5.74) is 1.44. The van der Waals surface area contributed by atoms with Gasteiger partial charge < -0.3 is 19.7 Å². The molecule has 150 valence electrons. The molecule has 7 heteroatoms. The Morgan fingerprint density at radius 3 is 2.36 bits per heavy atom. The Hall–Kier alpha value is -3.09. The standard InChI is InChI=1S/C21H25FN2O4/c1-15(25)24(12-10-16-4-6-17(22)7-5-16)13-11-21(26)23-19-14-18(27-2)8-9-20(19)28-3/h4-9,14H,10-13H2,1-3H3,(H,23,26). The molecule has 0 heterocycles. The number of hydrogen-bond donors (Lipinski definition) is 1. The van der Waals surface area contributed by atoms with Crippen LogP contribution in [0.2, 0.25) is 0 Å². The molecular formula is C21H25FN2O4. The first kappa shape index (κ1) is 21.2. The maximum Gasteiger partial charge on any atom is 0.226 e. The Morgan fingerprint density at radius 2 is 1.75 bits per heavy atom. The second kappa shape index (κ2) is 10.3. The van der Waals surface area contributed by atoms with Crippen LogP contribution in [0.15, 0.2) is 42.5 Å². The van der Waals surface area contributed by atoms with Crippen LogP contribution in [0.4, 0.5) is 10.1 Å². The second-order valence-corrected chi connectivity index (χ2v) is 6.25. The topological polar surface area (TPSA) is 67.9 Å². The van der Waals surface area contributed by atoms with E-state index >= 15 is 0 Å². The summed E-state index contributed by atoms with van der Waals surface area (Å²) in [6.45, 7) is 2.21. The maximum atomic E-state index is 13.0. The molecular weight excluding hydrogens is 363 g/mol. The number of ether oxygens (including phenoxy) is 2. The Labute approximate surface area is 164 Å². The molecule has 0 saturated carbocycles. The largest absolute Gasteiger partial charge is 0.497 e. The van der Waals surface area contributed by atoms with Gasteiger partial charge in [-0.3, -0.25) is 9.59 Å². The van der Waals surface area contributed by atoms with Crippen LogP contribution in [0.3, 0.4) is 0 Å². The van der Waals surface area contributed by atoms with Gasteiger partial charge in [0.1, 0.15) is 17.3 Å². The van der Waals surface area contributed by atoms with Gasteiger partial charge in [-0.25, -0.2) is 4.39 Å². The van der Waals surface area contributed by atoms with Gasteiger partial charge in [-0.15, -0.1) is 0 Å². The summed E-state index contributed by atoms with van der Waals surface area (Å²) in [5, 5.41) is 2.79. The molecule has 6 nitrogen and oxygen atoms in total. The smallest absolute Gasteiger partial charge is 0.226 e. The number of benzene rings is 2. The number of nitrogens with one attached hydrogen (secondary N) is 1. The van der Waals surface area contributed by atoms with Gasteiger partial charge >= 0.3 is 0 Å². The maximum absolute atomic E-state index is 13.0. The lowest BCUT2D eigenvalue weighted by Gasteiger charge is -2.21. The average Bonchev–Trinajstić information content (AvgIpc) is 2.68. The first-order chi connectivity index (χ1) is 13.4. The quantitative estimate of drug-likeness (QED) is 0.716. The summed E-state index contributed by atoms with van der Waals surface area (Å²) >= 11 is 0. The molecule has 0 unspecified atom stereocenters. The van der Waals surface area contributed by atoms with Gasteiger partial charge in [0.2, 0.25) is 11.8 Å². The zero-order valence-corrected chi connectivity index (χ0v) is 16.3. The highest BCUT2D eigenvalue weighted by molar-refractivity contribution is 5.93. The highest BCUT2D eigenvalue weighted by Gasteiger charge is 2.13. The average molecular weight is 388 g/mol. The predicted molar refractivity (Wildman–Crippen MR) is 105 cm³/mol. The molecule has 2 amide bonds. The van der Waals surface area contributed by atoms with Crippen molar-refractivity contribution in [3.8, 4) is 11.5 Å². The molecule has 2 aromatic rings. The normalized spacial score (nSPS) is 10.3. The molecule has 0 aliphatic carbocycles. The number of hydrogen-bond acceptors (Lipinski definition) is 4. The zero-order chi connectivity index (χ0) is 20.5. The van der Waals surface area contributed by atoms with Gasteiger partial charge in [0.25, 0.3) is 0 Å². The Morgan fingerprint density at radius 1 is 1.04 bits per heavy atom. The van der Waals surface area contributed by atoms with Crippen LogP contribution in [0, 0.1) is 5.82 Å². The summed E-state index contributed by atoms with van der Waals surface area (Å²) in [6.07, 6.45) is 0.731. The molecule has 1 N–H and O–H groups in total. The molecule has 0 atom stereocenters. The van der Waals surface area contributed by atoms with Crippen molar-refractivity contribution in [1.29, 1.82) is 0 Å². The predicted octanol–water partition coefficient (Wildman–Crippen LogP) is 3.26. The summed E-state index contributed by atoms with van der Waals surface area (Å²) < 4.78 is 23.4. The first-order valence-electron chi connectivity index (χ1n) is 8.94. The highest BCUT2D eigenvalue weighted by Crippen LogP contribution is 2.28. The lowest BCUT2D eigenvalue weighted by atomic mass is 10.1. The molecule has 0 radical (unpaired) electrons. The van der Waals surface area contributed by atoms with Crippen molar-refractivity contribution in [2.45, 2.75) is 19.8 Å². The summed E-state index contributed by atoms with van der Waals surface area (Å²) in [5.74, 6) is 0.472. The van der Waals surface area contributed by atoms with E-state index in [0.717, 1.165) is 5.56 Å². The van der Waals surface area contributed by atoms with Crippen molar-refractivity contribution in [3.05, 3.63) is 53.8 Å². The van der Waals surface area contributed by atoms with Gasteiger partial charge in [0, 0.05) is 32.5 Å². The minimum absolute atomic E-state index is 0.117. The van der Waals surface area contributed by atoms with E-state index in [1.165, 1.54) is 26.2 Å². The fourth-order valence-electron chi connectivity index (χ4n) is 2.70. The minimum Gasteiger partial charge on any atom is -0.497 e. The second-order valence-electron chi connectivity index (χ2n) is 6.25. The van der Waals surface area contributed by atoms with Crippen LogP contribution in [-0.2, 0) is 16.0 Å². The molecule has 28 heavy (non-hydrogen) atoms. The van der Waals surface area contributed by atoms with Gasteiger partial charge in [0.15, 0.2) is 0 Å². The minimum atomic E-state index is -0.295. The van der Waals surface area contributed by atoms with Crippen molar-refractivity contribution < 1.29 is 23.5 Å². The SMILES string of the molecule is COc1ccc(OC)c(NC(=O)CCN(CCc2ccc(F)cc2)C(C)=O)c1. The molecule has 0 saturated heterocycles. The number of carbonyl (C=O) groups is 2. The van der Waals surface area contributed by atoms with Crippen molar-refractivity contribution >= 4 is 17.5 Å². The number of methoxy groups -OCH3 is 2. The molecule has 2 rings (SSSR count). The lowest BCUT2D eigenvalue weighted by Crippen LogP contribution is -2.33. The number of carbonyl (C=O) groups excluding carboxylic acids is 2. The number of rotatable bonds is 9. The number of nitrogens with zero attached hydrogens (tertiary/aromatic N) is 1. The van der Waals surface area contributed by atoms with Gasteiger partial charge in [-0.05, 0) is 36.2 Å². The first-order valence-corrected chi connectivity index (χ1v) is 8.94. The lowest BCUT2D eigenvalue weighted by molar-refractivity contribution is -0.129. The van der Waals surface area contributed by atoms with Crippen LogP contribution in [-0.4, -0.2) is 44.0 Å². The molecule has 0 aliphatic rings. The van der Waals surface area contributed by atoms with E-state index in [9.17, 15) is 14.0 Å². The molecule has 0 bridgehead atoms. The van der Waals surface area contributed by atoms with Gasteiger partial charge in [0.05, 0.1) is 19.9 Å². The van der Waals surface area contributed by atoms with Gasteiger partial charge in [-0.2, -0.15) is 0 Å². The molecule has 2 aromatic carbocycles. The van der Waals surface area contributed by atoms with E-state index in [0.29, 0.717) is 30.2 Å². The summed E-state index contributed by atoms with van der Waals surface area (Å²) in [7, 11) is 3.06. The van der Waals surface area contributed by atoms with Gasteiger partial charge in [-0.1, -0.05) is 12.1 Å².